The van der Waals surface area contributed by atoms with E-state index in [-0.39, 0.29) is 11.5 Å². The van der Waals surface area contributed by atoms with E-state index >= 15 is 0 Å². The van der Waals surface area contributed by atoms with E-state index in [4.69, 9.17) is 9.47 Å². The molecule has 0 bridgehead atoms. The van der Waals surface area contributed by atoms with Crippen molar-refractivity contribution in [3.8, 4) is 0 Å². The number of carbonyl (C=O) groups excluding carboxylic acids is 1. The maximum atomic E-state index is 12.4. The fraction of sp³-hybridized carbons (Fsp3) is 0.444. The minimum absolute atomic E-state index is 0.0920. The van der Waals surface area contributed by atoms with Gasteiger partial charge in [-0.2, -0.15) is 0 Å². The average molecular weight is 340 g/mol. The van der Waals surface area contributed by atoms with Crippen LogP contribution in [0.25, 0.3) is 0 Å². The number of aromatic nitrogens is 3. The lowest BCUT2D eigenvalue weighted by Crippen LogP contribution is -2.66. The van der Waals surface area contributed by atoms with Gasteiger partial charge in [0.2, 0.25) is 0 Å². The molecule has 1 spiro atoms. The lowest BCUT2D eigenvalue weighted by molar-refractivity contribution is -0.129. The van der Waals surface area contributed by atoms with Crippen LogP contribution in [0.5, 0.6) is 0 Å². The van der Waals surface area contributed by atoms with Crippen molar-refractivity contribution in [3.05, 3.63) is 54.4 Å². The second-order valence-electron chi connectivity index (χ2n) is 6.52. The van der Waals surface area contributed by atoms with E-state index in [1.54, 1.807) is 23.5 Å². The summed E-state index contributed by atoms with van der Waals surface area (Å²) in [6, 6.07) is 3.90. The molecule has 0 aromatic carbocycles. The van der Waals surface area contributed by atoms with Gasteiger partial charge in [0.25, 0.3) is 5.91 Å². The van der Waals surface area contributed by atoms with Gasteiger partial charge in [-0.25, -0.2) is 4.98 Å². The fourth-order valence-corrected chi connectivity index (χ4v) is 3.48. The molecule has 0 N–H and O–H groups in total. The predicted octanol–water partition coefficient (Wildman–Crippen LogP) is 1.32. The quantitative estimate of drug-likeness (QED) is 0.817. The van der Waals surface area contributed by atoms with Gasteiger partial charge >= 0.3 is 0 Å². The number of hydrogen-bond acceptors (Lipinski definition) is 6. The van der Waals surface area contributed by atoms with Crippen LogP contribution >= 0.6 is 0 Å². The van der Waals surface area contributed by atoms with Crippen LogP contribution in [0.1, 0.15) is 22.5 Å². The molecule has 1 amide bonds. The van der Waals surface area contributed by atoms with Crippen LogP contribution in [0.4, 0.5) is 0 Å². The highest BCUT2D eigenvalue weighted by atomic mass is 16.5. The molecule has 4 rings (SSSR count). The summed E-state index contributed by atoms with van der Waals surface area (Å²) in [6.07, 6.45) is 9.08. The first-order valence-corrected chi connectivity index (χ1v) is 8.43. The van der Waals surface area contributed by atoms with Crippen molar-refractivity contribution in [2.24, 2.45) is 5.92 Å². The Bertz CT molecular complexity index is 720. The largest absolute Gasteiger partial charge is 0.376 e. The zero-order valence-corrected chi connectivity index (χ0v) is 13.9. The van der Waals surface area contributed by atoms with Crippen molar-refractivity contribution in [1.82, 2.24) is 19.9 Å². The molecular weight excluding hydrogens is 320 g/mol. The van der Waals surface area contributed by atoms with Crippen LogP contribution in [0.15, 0.2) is 43.1 Å². The van der Waals surface area contributed by atoms with Crippen LogP contribution in [0, 0.1) is 5.92 Å². The van der Waals surface area contributed by atoms with Gasteiger partial charge in [-0.1, -0.05) is 0 Å². The molecular formula is C18H20N4O3. The standard InChI is InChI=1S/C18H20N4O3/c23-17(16-9-20-6-7-21-16)22-12-18(13-22)15(3-8-25-18)11-24-10-14-1-4-19-5-2-14/h1-2,4-7,9,15H,3,8,10-13H2. The monoisotopic (exact) mass is 340 g/mol. The molecule has 2 aromatic rings. The summed E-state index contributed by atoms with van der Waals surface area (Å²) in [5, 5.41) is 0. The number of pyridine rings is 1. The Morgan fingerprint density at radius 2 is 2.08 bits per heavy atom. The minimum atomic E-state index is -0.268. The molecule has 2 fully saturated rings. The van der Waals surface area contributed by atoms with Gasteiger partial charge < -0.3 is 14.4 Å². The average Bonchev–Trinajstić information content (AvgIpc) is 3.05. The van der Waals surface area contributed by atoms with E-state index in [0.717, 1.165) is 18.6 Å². The highest BCUT2D eigenvalue weighted by molar-refractivity contribution is 5.92. The first-order valence-electron chi connectivity index (χ1n) is 8.43. The minimum Gasteiger partial charge on any atom is -0.376 e. The summed E-state index contributed by atoms with van der Waals surface area (Å²) >= 11 is 0. The van der Waals surface area contributed by atoms with Crippen molar-refractivity contribution in [2.75, 3.05) is 26.3 Å². The van der Waals surface area contributed by atoms with E-state index in [9.17, 15) is 4.79 Å². The number of carbonyl (C=O) groups is 1. The molecule has 25 heavy (non-hydrogen) atoms. The Hall–Kier alpha value is -2.38. The first-order chi connectivity index (χ1) is 12.3. The number of rotatable bonds is 5. The number of hydrogen-bond donors (Lipinski definition) is 0. The van der Waals surface area contributed by atoms with Gasteiger partial charge in [0, 0.05) is 37.3 Å². The number of ether oxygens (including phenoxy) is 2. The Kier molecular flexibility index (Phi) is 4.42. The van der Waals surface area contributed by atoms with Gasteiger partial charge in [0.05, 0.1) is 32.5 Å². The topological polar surface area (TPSA) is 77.4 Å². The molecule has 7 heteroatoms. The van der Waals surface area contributed by atoms with E-state index in [0.29, 0.717) is 37.9 Å². The second-order valence-corrected chi connectivity index (χ2v) is 6.52. The smallest absolute Gasteiger partial charge is 0.274 e. The summed E-state index contributed by atoms with van der Waals surface area (Å²) in [5.41, 5.74) is 1.22. The van der Waals surface area contributed by atoms with Crippen molar-refractivity contribution in [3.63, 3.8) is 0 Å². The van der Waals surface area contributed by atoms with E-state index in [2.05, 4.69) is 15.0 Å². The number of amides is 1. The second kappa shape index (κ2) is 6.85. The van der Waals surface area contributed by atoms with Gasteiger partial charge in [0.15, 0.2) is 0 Å². The van der Waals surface area contributed by atoms with Crippen LogP contribution in [-0.2, 0) is 16.1 Å². The fourth-order valence-electron chi connectivity index (χ4n) is 3.48. The molecule has 1 unspecified atom stereocenters. The van der Waals surface area contributed by atoms with Crippen molar-refractivity contribution < 1.29 is 14.3 Å². The Balaban J connectivity index is 1.31. The first kappa shape index (κ1) is 16.1. The maximum Gasteiger partial charge on any atom is 0.274 e. The molecule has 0 aliphatic carbocycles. The lowest BCUT2D eigenvalue weighted by Gasteiger charge is -2.49. The zero-order valence-electron chi connectivity index (χ0n) is 13.9. The Morgan fingerprint density at radius 3 is 2.84 bits per heavy atom. The molecule has 2 aliphatic heterocycles. The normalized spacial score (nSPS) is 21.3. The summed E-state index contributed by atoms with van der Waals surface area (Å²) in [4.78, 5) is 26.2. The van der Waals surface area contributed by atoms with E-state index in [1.165, 1.54) is 12.4 Å². The van der Waals surface area contributed by atoms with Gasteiger partial charge in [-0.05, 0) is 24.1 Å². The number of nitrogens with zero attached hydrogens (tertiary/aromatic N) is 4. The Labute approximate surface area is 146 Å². The SMILES string of the molecule is O=C(c1cnccn1)N1CC2(C1)OCCC2COCc1ccncc1. The van der Waals surface area contributed by atoms with Gasteiger partial charge in [-0.3, -0.25) is 14.8 Å². The highest BCUT2D eigenvalue weighted by Gasteiger charge is 2.54. The van der Waals surface area contributed by atoms with E-state index in [1.807, 2.05) is 12.1 Å². The molecule has 0 radical (unpaired) electrons. The van der Waals surface area contributed by atoms with Crippen molar-refractivity contribution >= 4 is 5.91 Å². The summed E-state index contributed by atoms with van der Waals surface area (Å²) in [6.45, 7) is 3.10. The van der Waals surface area contributed by atoms with Crippen LogP contribution in [0.3, 0.4) is 0 Å². The third-order valence-corrected chi connectivity index (χ3v) is 4.92. The molecule has 7 nitrogen and oxygen atoms in total. The third kappa shape index (κ3) is 3.25. The summed E-state index contributed by atoms with van der Waals surface area (Å²) in [5.74, 6) is 0.214. The lowest BCUT2D eigenvalue weighted by atomic mass is 9.81. The number of likely N-dealkylation sites (tertiary alicyclic amines) is 1. The van der Waals surface area contributed by atoms with Crippen LogP contribution in [-0.4, -0.2) is 57.7 Å². The molecule has 0 saturated carbocycles. The van der Waals surface area contributed by atoms with Gasteiger partial charge in [0.1, 0.15) is 11.3 Å². The molecule has 2 aromatic heterocycles. The highest BCUT2D eigenvalue weighted by Crippen LogP contribution is 2.40. The Morgan fingerprint density at radius 1 is 1.24 bits per heavy atom. The third-order valence-electron chi connectivity index (χ3n) is 4.92. The molecule has 1 atom stereocenters. The van der Waals surface area contributed by atoms with Crippen LogP contribution in [0.2, 0.25) is 0 Å². The summed E-state index contributed by atoms with van der Waals surface area (Å²) in [7, 11) is 0. The molecule has 2 saturated heterocycles. The van der Waals surface area contributed by atoms with Gasteiger partial charge in [-0.15, -0.1) is 0 Å². The molecule has 130 valence electrons. The summed E-state index contributed by atoms with van der Waals surface area (Å²) < 4.78 is 11.9. The predicted molar refractivity (Wildman–Crippen MR) is 88.6 cm³/mol. The molecule has 2 aliphatic rings. The van der Waals surface area contributed by atoms with Crippen LogP contribution < -0.4 is 0 Å². The van der Waals surface area contributed by atoms with E-state index < -0.39 is 0 Å². The van der Waals surface area contributed by atoms with Crippen molar-refractivity contribution in [2.45, 2.75) is 18.6 Å². The molecule has 4 heterocycles. The zero-order chi connectivity index (χ0) is 17.1. The van der Waals surface area contributed by atoms with Crippen molar-refractivity contribution in [1.29, 1.82) is 0 Å². The maximum absolute atomic E-state index is 12.4.